The fraction of sp³-hybridized carbons (Fsp3) is 0.231. The monoisotopic (exact) mass is 288 g/mol. The van der Waals surface area contributed by atoms with E-state index >= 15 is 0 Å². The highest BCUT2D eigenvalue weighted by atomic mass is 32.2. The molecular weight excluding hydrogens is 276 g/mol. The van der Waals surface area contributed by atoms with Crippen molar-refractivity contribution in [2.45, 2.75) is 11.8 Å². The van der Waals surface area contributed by atoms with Crippen LogP contribution in [0.15, 0.2) is 29.4 Å². The zero-order chi connectivity index (χ0) is 14.5. The second-order valence-electron chi connectivity index (χ2n) is 3.70. The van der Waals surface area contributed by atoms with Crippen LogP contribution < -0.4 is 0 Å². The minimum absolute atomic E-state index is 0.0371. The second kappa shape index (κ2) is 6.21. The van der Waals surface area contributed by atoms with Crippen LogP contribution in [0.1, 0.15) is 23.1 Å². The summed E-state index contributed by atoms with van der Waals surface area (Å²) in [6.45, 7) is 2.02. The van der Waals surface area contributed by atoms with Gasteiger partial charge in [-0.2, -0.15) is 5.26 Å². The lowest BCUT2D eigenvalue weighted by Crippen LogP contribution is -2.06. The Kier molecular flexibility index (Phi) is 4.38. The predicted molar refractivity (Wildman–Crippen MR) is 73.8 cm³/mol. The van der Waals surface area contributed by atoms with Gasteiger partial charge in [0.25, 0.3) is 5.82 Å². The van der Waals surface area contributed by atoms with E-state index < -0.39 is 5.97 Å². The SMILES string of the molecule is CCSc1cccc(-n2cnc(C(=O)OC)n2)c1C#N. The van der Waals surface area contributed by atoms with E-state index in [0.29, 0.717) is 11.3 Å². The molecule has 20 heavy (non-hydrogen) atoms. The molecule has 1 aromatic carbocycles. The van der Waals surface area contributed by atoms with Crippen molar-refractivity contribution >= 4 is 17.7 Å². The van der Waals surface area contributed by atoms with E-state index in [-0.39, 0.29) is 5.82 Å². The smallest absolute Gasteiger partial charge is 0.377 e. The number of rotatable bonds is 4. The molecule has 0 aliphatic rings. The first-order valence-corrected chi connectivity index (χ1v) is 6.86. The maximum atomic E-state index is 11.4. The maximum absolute atomic E-state index is 11.4. The van der Waals surface area contributed by atoms with E-state index in [2.05, 4.69) is 20.9 Å². The highest BCUT2D eigenvalue weighted by Crippen LogP contribution is 2.26. The highest BCUT2D eigenvalue weighted by Gasteiger charge is 2.15. The number of carbonyl (C=O) groups is 1. The van der Waals surface area contributed by atoms with Crippen molar-refractivity contribution in [3.63, 3.8) is 0 Å². The molecule has 0 spiro atoms. The molecule has 0 fully saturated rings. The first-order chi connectivity index (χ1) is 9.71. The van der Waals surface area contributed by atoms with Gasteiger partial charge in [0.2, 0.25) is 0 Å². The number of thioether (sulfide) groups is 1. The molecule has 0 N–H and O–H groups in total. The number of nitriles is 1. The van der Waals surface area contributed by atoms with Gasteiger partial charge in [0.1, 0.15) is 12.4 Å². The fourth-order valence-corrected chi connectivity index (χ4v) is 2.44. The number of carbonyl (C=O) groups excluding carboxylic acids is 1. The summed E-state index contributed by atoms with van der Waals surface area (Å²) < 4.78 is 5.97. The van der Waals surface area contributed by atoms with Crippen LogP contribution in [0, 0.1) is 11.3 Å². The molecule has 1 heterocycles. The molecule has 0 aliphatic heterocycles. The number of hydrogen-bond acceptors (Lipinski definition) is 6. The summed E-state index contributed by atoms with van der Waals surface area (Å²) in [7, 11) is 1.27. The Morgan fingerprint density at radius 2 is 2.35 bits per heavy atom. The molecule has 0 radical (unpaired) electrons. The summed E-state index contributed by atoms with van der Waals surface area (Å²) in [5.41, 5.74) is 1.11. The molecule has 0 saturated heterocycles. The molecule has 0 aliphatic carbocycles. The van der Waals surface area contributed by atoms with E-state index in [4.69, 9.17) is 0 Å². The standard InChI is InChI=1S/C13H12N4O2S/c1-3-20-11-6-4-5-10(9(11)7-14)17-8-15-12(16-17)13(18)19-2/h4-6,8H,3H2,1-2H3. The second-order valence-corrected chi connectivity index (χ2v) is 5.01. The van der Waals surface area contributed by atoms with Crippen molar-refractivity contribution in [1.82, 2.24) is 14.8 Å². The molecule has 0 amide bonds. The fourth-order valence-electron chi connectivity index (χ4n) is 1.66. The van der Waals surface area contributed by atoms with E-state index in [1.54, 1.807) is 17.8 Å². The van der Waals surface area contributed by atoms with Gasteiger partial charge in [-0.3, -0.25) is 0 Å². The lowest BCUT2D eigenvalue weighted by atomic mass is 10.2. The summed E-state index contributed by atoms with van der Waals surface area (Å²) in [4.78, 5) is 16.1. The Labute approximate surface area is 120 Å². The zero-order valence-electron chi connectivity index (χ0n) is 11.0. The van der Waals surface area contributed by atoms with Crippen LogP contribution in [0.4, 0.5) is 0 Å². The summed E-state index contributed by atoms with van der Waals surface area (Å²) in [5, 5.41) is 13.4. The predicted octanol–water partition coefficient (Wildman–Crippen LogP) is 2.04. The molecule has 0 atom stereocenters. The Morgan fingerprint density at radius 3 is 3.00 bits per heavy atom. The Hall–Kier alpha value is -2.33. The molecule has 6 nitrogen and oxygen atoms in total. The van der Waals surface area contributed by atoms with Gasteiger partial charge in [-0.1, -0.05) is 13.0 Å². The number of hydrogen-bond donors (Lipinski definition) is 0. The maximum Gasteiger partial charge on any atom is 0.377 e. The molecule has 0 saturated carbocycles. The van der Waals surface area contributed by atoms with Gasteiger partial charge >= 0.3 is 5.97 Å². The lowest BCUT2D eigenvalue weighted by molar-refractivity contribution is 0.0587. The van der Waals surface area contributed by atoms with E-state index in [9.17, 15) is 10.1 Å². The number of esters is 1. The minimum atomic E-state index is -0.610. The van der Waals surface area contributed by atoms with Crippen LogP contribution >= 0.6 is 11.8 Å². The van der Waals surface area contributed by atoms with Crippen LogP contribution in [0.2, 0.25) is 0 Å². The van der Waals surface area contributed by atoms with Gasteiger partial charge in [0.15, 0.2) is 0 Å². The van der Waals surface area contributed by atoms with Crippen LogP contribution in [-0.4, -0.2) is 33.6 Å². The minimum Gasteiger partial charge on any atom is -0.463 e. The Balaban J connectivity index is 2.47. The van der Waals surface area contributed by atoms with Crippen molar-refractivity contribution in [3.05, 3.63) is 35.9 Å². The van der Waals surface area contributed by atoms with Gasteiger partial charge in [-0.05, 0) is 17.9 Å². The largest absolute Gasteiger partial charge is 0.463 e. The van der Waals surface area contributed by atoms with Crippen molar-refractivity contribution in [2.75, 3.05) is 12.9 Å². The van der Waals surface area contributed by atoms with Gasteiger partial charge in [0.05, 0.1) is 18.4 Å². The summed E-state index contributed by atoms with van der Waals surface area (Å²) >= 11 is 1.58. The quantitative estimate of drug-likeness (QED) is 0.632. The van der Waals surface area contributed by atoms with Gasteiger partial charge in [0, 0.05) is 4.90 Å². The normalized spacial score (nSPS) is 10.1. The number of benzene rings is 1. The van der Waals surface area contributed by atoms with Gasteiger partial charge < -0.3 is 4.74 Å². The number of ether oxygens (including phenoxy) is 1. The van der Waals surface area contributed by atoms with E-state index in [1.165, 1.54) is 18.1 Å². The van der Waals surface area contributed by atoms with Gasteiger partial charge in [-0.15, -0.1) is 16.9 Å². The average Bonchev–Trinajstić information content (AvgIpc) is 2.96. The molecule has 2 rings (SSSR count). The third-order valence-corrected chi connectivity index (χ3v) is 3.46. The topological polar surface area (TPSA) is 80.8 Å². The molecule has 0 bridgehead atoms. The number of nitrogens with zero attached hydrogens (tertiary/aromatic N) is 4. The molecule has 7 heteroatoms. The molecule has 0 unspecified atom stereocenters. The molecular formula is C13H12N4O2S. The van der Waals surface area contributed by atoms with E-state index in [1.807, 2.05) is 19.1 Å². The summed E-state index contributed by atoms with van der Waals surface area (Å²) in [5.74, 6) is 0.217. The number of methoxy groups -OCH3 is 1. The summed E-state index contributed by atoms with van der Waals surface area (Å²) in [6, 6.07) is 7.66. The molecule has 2 aromatic rings. The average molecular weight is 288 g/mol. The summed E-state index contributed by atoms with van der Waals surface area (Å²) in [6.07, 6.45) is 1.39. The van der Waals surface area contributed by atoms with Crippen molar-refractivity contribution in [1.29, 1.82) is 5.26 Å². The Morgan fingerprint density at radius 1 is 1.55 bits per heavy atom. The lowest BCUT2D eigenvalue weighted by Gasteiger charge is -2.07. The number of aromatic nitrogens is 3. The van der Waals surface area contributed by atoms with E-state index in [0.717, 1.165) is 10.6 Å². The van der Waals surface area contributed by atoms with Crippen molar-refractivity contribution in [3.8, 4) is 11.8 Å². The third kappa shape index (κ3) is 2.65. The Bertz CT molecular complexity index is 675. The van der Waals surface area contributed by atoms with Gasteiger partial charge in [-0.25, -0.2) is 14.5 Å². The first kappa shape index (κ1) is 14.1. The molecule has 102 valence electrons. The van der Waals surface area contributed by atoms with Crippen LogP contribution in [0.25, 0.3) is 5.69 Å². The zero-order valence-corrected chi connectivity index (χ0v) is 11.8. The van der Waals surface area contributed by atoms with Crippen molar-refractivity contribution < 1.29 is 9.53 Å². The third-order valence-electron chi connectivity index (χ3n) is 2.52. The highest BCUT2D eigenvalue weighted by molar-refractivity contribution is 7.99. The van der Waals surface area contributed by atoms with Crippen LogP contribution in [0.5, 0.6) is 0 Å². The first-order valence-electron chi connectivity index (χ1n) is 5.87. The van der Waals surface area contributed by atoms with Crippen LogP contribution in [-0.2, 0) is 4.74 Å². The van der Waals surface area contributed by atoms with Crippen LogP contribution in [0.3, 0.4) is 0 Å². The molecule has 1 aromatic heterocycles. The van der Waals surface area contributed by atoms with Crippen molar-refractivity contribution in [2.24, 2.45) is 0 Å².